The second kappa shape index (κ2) is 5.25. The standard InChI is InChI=1S/C12H15Cl2NO2/c1-12(2,11(16)17)15(3)7-8-4-5-9(13)10(14)6-8/h4-6H,7H2,1-3H3,(H,16,17). The van der Waals surface area contributed by atoms with Crippen molar-refractivity contribution in [1.82, 2.24) is 4.90 Å². The summed E-state index contributed by atoms with van der Waals surface area (Å²) < 4.78 is 0. The molecule has 0 aromatic heterocycles. The fourth-order valence-electron chi connectivity index (χ4n) is 1.27. The molecule has 1 N–H and O–H groups in total. The predicted octanol–water partition coefficient (Wildman–Crippen LogP) is 3.29. The Hall–Kier alpha value is -0.770. The molecule has 0 fully saturated rings. The number of carboxylic acids is 1. The number of carbonyl (C=O) groups is 1. The molecule has 0 heterocycles. The van der Waals surface area contributed by atoms with Crippen molar-refractivity contribution in [3.05, 3.63) is 33.8 Å². The van der Waals surface area contributed by atoms with Crippen LogP contribution in [-0.2, 0) is 11.3 Å². The van der Waals surface area contributed by atoms with Crippen LogP contribution < -0.4 is 0 Å². The first-order valence-corrected chi connectivity index (χ1v) is 5.89. The van der Waals surface area contributed by atoms with Crippen molar-refractivity contribution in [3.8, 4) is 0 Å². The SMILES string of the molecule is CN(Cc1ccc(Cl)c(Cl)c1)C(C)(C)C(=O)O. The minimum absolute atomic E-state index is 0.477. The van der Waals surface area contributed by atoms with Gasteiger partial charge in [0.25, 0.3) is 0 Å². The number of nitrogens with zero attached hydrogens (tertiary/aromatic N) is 1. The maximum atomic E-state index is 11.1. The second-order valence-corrected chi connectivity index (χ2v) is 5.28. The fraction of sp³-hybridized carbons (Fsp3) is 0.417. The Kier molecular flexibility index (Phi) is 4.42. The third-order valence-corrected chi connectivity index (χ3v) is 3.62. The van der Waals surface area contributed by atoms with Crippen LogP contribution in [0.3, 0.4) is 0 Å². The summed E-state index contributed by atoms with van der Waals surface area (Å²) in [5.74, 6) is -0.861. The highest BCUT2D eigenvalue weighted by Gasteiger charge is 2.31. The largest absolute Gasteiger partial charge is 0.480 e. The minimum Gasteiger partial charge on any atom is -0.480 e. The average Bonchev–Trinajstić information content (AvgIpc) is 2.23. The zero-order chi connectivity index (χ0) is 13.2. The summed E-state index contributed by atoms with van der Waals surface area (Å²) in [6.07, 6.45) is 0. The molecule has 0 aliphatic carbocycles. The van der Waals surface area contributed by atoms with Crippen LogP contribution in [-0.4, -0.2) is 28.6 Å². The molecule has 94 valence electrons. The smallest absolute Gasteiger partial charge is 0.323 e. The predicted molar refractivity (Wildman–Crippen MR) is 69.6 cm³/mol. The van der Waals surface area contributed by atoms with Gasteiger partial charge in [-0.3, -0.25) is 9.69 Å². The molecule has 5 heteroatoms. The van der Waals surface area contributed by atoms with Gasteiger partial charge >= 0.3 is 5.97 Å². The van der Waals surface area contributed by atoms with Gasteiger partial charge in [0.05, 0.1) is 10.0 Å². The van der Waals surface area contributed by atoms with Gasteiger partial charge in [0.2, 0.25) is 0 Å². The third-order valence-electron chi connectivity index (χ3n) is 2.88. The Labute approximate surface area is 111 Å². The molecule has 0 bridgehead atoms. The highest BCUT2D eigenvalue weighted by Crippen LogP contribution is 2.24. The van der Waals surface area contributed by atoms with E-state index in [1.165, 1.54) is 0 Å². The van der Waals surface area contributed by atoms with Gasteiger partial charge in [-0.15, -0.1) is 0 Å². The Balaban J connectivity index is 2.84. The first-order chi connectivity index (χ1) is 7.75. The van der Waals surface area contributed by atoms with Crippen molar-refractivity contribution in [1.29, 1.82) is 0 Å². The van der Waals surface area contributed by atoms with Gasteiger partial charge in [0.15, 0.2) is 0 Å². The van der Waals surface area contributed by atoms with E-state index in [0.29, 0.717) is 16.6 Å². The van der Waals surface area contributed by atoms with Crippen molar-refractivity contribution in [3.63, 3.8) is 0 Å². The van der Waals surface area contributed by atoms with E-state index in [1.54, 1.807) is 37.9 Å². The van der Waals surface area contributed by atoms with E-state index in [-0.39, 0.29) is 0 Å². The molecule has 0 saturated carbocycles. The lowest BCUT2D eigenvalue weighted by Crippen LogP contribution is -2.47. The Morgan fingerprint density at radius 2 is 1.94 bits per heavy atom. The Bertz CT molecular complexity index is 433. The van der Waals surface area contributed by atoms with Crippen LogP contribution in [0, 0.1) is 0 Å². The van der Waals surface area contributed by atoms with Gasteiger partial charge in [0.1, 0.15) is 5.54 Å². The van der Waals surface area contributed by atoms with Gasteiger partial charge in [0, 0.05) is 6.54 Å². The molecule has 0 amide bonds. The number of likely N-dealkylation sites (N-methyl/N-ethyl adjacent to an activating group) is 1. The van der Waals surface area contributed by atoms with Gasteiger partial charge in [-0.05, 0) is 38.6 Å². The zero-order valence-corrected chi connectivity index (χ0v) is 11.5. The van der Waals surface area contributed by atoms with Crippen LogP contribution in [0.15, 0.2) is 18.2 Å². The molecule has 0 unspecified atom stereocenters. The first-order valence-electron chi connectivity index (χ1n) is 5.13. The molecule has 0 atom stereocenters. The Morgan fingerprint density at radius 3 is 2.41 bits per heavy atom. The summed E-state index contributed by atoms with van der Waals surface area (Å²) in [5, 5.41) is 10.1. The molecular weight excluding hydrogens is 261 g/mol. The molecule has 1 aromatic rings. The number of carboxylic acid groups (broad SMARTS) is 1. The maximum absolute atomic E-state index is 11.1. The van der Waals surface area contributed by atoms with Crippen LogP contribution in [0.1, 0.15) is 19.4 Å². The highest BCUT2D eigenvalue weighted by molar-refractivity contribution is 6.42. The quantitative estimate of drug-likeness (QED) is 0.917. The number of hydrogen-bond donors (Lipinski definition) is 1. The number of aliphatic carboxylic acids is 1. The lowest BCUT2D eigenvalue weighted by molar-refractivity contribution is -0.148. The Morgan fingerprint density at radius 1 is 1.35 bits per heavy atom. The van der Waals surface area contributed by atoms with Crippen molar-refractivity contribution in [2.24, 2.45) is 0 Å². The first kappa shape index (κ1) is 14.3. The summed E-state index contributed by atoms with van der Waals surface area (Å²) in [5.41, 5.74) is 0.00257. The van der Waals surface area contributed by atoms with E-state index in [2.05, 4.69) is 0 Å². The normalized spacial score (nSPS) is 11.9. The minimum atomic E-state index is -0.924. The molecule has 17 heavy (non-hydrogen) atoms. The van der Waals surface area contributed by atoms with Crippen molar-refractivity contribution in [2.75, 3.05) is 7.05 Å². The summed E-state index contributed by atoms with van der Waals surface area (Å²) in [7, 11) is 1.76. The molecule has 0 aliphatic rings. The average molecular weight is 276 g/mol. The van der Waals surface area contributed by atoms with Crippen molar-refractivity contribution < 1.29 is 9.90 Å². The van der Waals surface area contributed by atoms with Gasteiger partial charge in [-0.25, -0.2) is 0 Å². The van der Waals surface area contributed by atoms with E-state index in [9.17, 15) is 4.79 Å². The van der Waals surface area contributed by atoms with Crippen LogP contribution in [0.2, 0.25) is 10.0 Å². The molecule has 1 aromatic carbocycles. The molecule has 0 aliphatic heterocycles. The van der Waals surface area contributed by atoms with E-state index < -0.39 is 11.5 Å². The van der Waals surface area contributed by atoms with Crippen LogP contribution in [0.4, 0.5) is 0 Å². The van der Waals surface area contributed by atoms with Crippen LogP contribution in [0.25, 0.3) is 0 Å². The number of hydrogen-bond acceptors (Lipinski definition) is 2. The molecule has 0 saturated heterocycles. The molecule has 1 rings (SSSR count). The second-order valence-electron chi connectivity index (χ2n) is 4.47. The molecule has 3 nitrogen and oxygen atoms in total. The summed E-state index contributed by atoms with van der Waals surface area (Å²) in [6.45, 7) is 3.82. The van der Waals surface area contributed by atoms with Crippen molar-refractivity contribution >= 4 is 29.2 Å². The van der Waals surface area contributed by atoms with Gasteiger partial charge in [-0.2, -0.15) is 0 Å². The van der Waals surface area contributed by atoms with E-state index >= 15 is 0 Å². The van der Waals surface area contributed by atoms with Crippen LogP contribution in [0.5, 0.6) is 0 Å². The fourth-order valence-corrected chi connectivity index (χ4v) is 1.59. The van der Waals surface area contributed by atoms with E-state index in [1.807, 2.05) is 6.07 Å². The summed E-state index contributed by atoms with van der Waals surface area (Å²) >= 11 is 11.7. The number of halogens is 2. The summed E-state index contributed by atoms with van der Waals surface area (Å²) in [6, 6.07) is 5.29. The summed E-state index contributed by atoms with van der Waals surface area (Å²) in [4.78, 5) is 12.8. The van der Waals surface area contributed by atoms with Gasteiger partial charge < -0.3 is 5.11 Å². The number of benzene rings is 1. The molecule has 0 spiro atoms. The molecule has 0 radical (unpaired) electrons. The topological polar surface area (TPSA) is 40.5 Å². The van der Waals surface area contributed by atoms with E-state index in [0.717, 1.165) is 5.56 Å². The lowest BCUT2D eigenvalue weighted by atomic mass is 10.0. The lowest BCUT2D eigenvalue weighted by Gasteiger charge is -2.31. The van der Waals surface area contributed by atoms with Crippen LogP contribution >= 0.6 is 23.2 Å². The maximum Gasteiger partial charge on any atom is 0.323 e. The highest BCUT2D eigenvalue weighted by atomic mass is 35.5. The third kappa shape index (κ3) is 3.35. The van der Waals surface area contributed by atoms with Gasteiger partial charge in [-0.1, -0.05) is 29.3 Å². The molecular formula is C12H15Cl2NO2. The van der Waals surface area contributed by atoms with Crippen molar-refractivity contribution in [2.45, 2.75) is 25.9 Å². The monoisotopic (exact) mass is 275 g/mol. The zero-order valence-electron chi connectivity index (χ0n) is 10.00. The number of rotatable bonds is 4. The van der Waals surface area contributed by atoms with E-state index in [4.69, 9.17) is 28.3 Å².